The van der Waals surface area contributed by atoms with Crippen molar-refractivity contribution in [1.82, 2.24) is 62.6 Å². The van der Waals surface area contributed by atoms with E-state index in [1.54, 1.807) is 0 Å². The molecule has 0 amide bonds. The first kappa shape index (κ1) is 114. The number of hydrogen-bond donors (Lipinski definition) is 0. The van der Waals surface area contributed by atoms with Crippen molar-refractivity contribution >= 4 is 52.8 Å². The summed E-state index contributed by atoms with van der Waals surface area (Å²) in [5.74, 6) is 1.13. The van der Waals surface area contributed by atoms with E-state index in [2.05, 4.69) is 433 Å². The molecule has 0 saturated heterocycles. The molecule has 9 aromatic heterocycles. The number of aliphatic imine (C=N–C) groups is 3. The van der Waals surface area contributed by atoms with Gasteiger partial charge in [-0.3, -0.25) is 33.7 Å². The molecule has 0 atom stereocenters. The quantitative estimate of drug-likeness (QED) is 0.146. The molecule has 16 nitrogen and oxygen atoms in total. The van der Waals surface area contributed by atoms with Crippen molar-refractivity contribution in [3.8, 4) is 0 Å². The van der Waals surface area contributed by atoms with Crippen molar-refractivity contribution in [1.29, 1.82) is 0 Å². The fraction of sp³-hybridized carbons (Fsp3) is 0.600. The van der Waals surface area contributed by atoms with Gasteiger partial charge in [0.1, 0.15) is 5.82 Å². The van der Waals surface area contributed by atoms with E-state index in [9.17, 15) is 0 Å². The zero-order valence-electron chi connectivity index (χ0n) is 86.9. The largest absolute Gasteiger partial charge is 0.340 e. The van der Waals surface area contributed by atoms with Gasteiger partial charge in [-0.05, 0) is 115 Å². The van der Waals surface area contributed by atoms with Gasteiger partial charge in [-0.15, -0.1) is 22.7 Å². The molecule has 0 spiro atoms. The van der Waals surface area contributed by atoms with Gasteiger partial charge < -0.3 is 9.13 Å². The summed E-state index contributed by atoms with van der Waals surface area (Å²) in [5.41, 5.74) is 17.1. The van der Waals surface area contributed by atoms with E-state index in [0.29, 0.717) is 21.7 Å². The number of rotatable bonds is 0. The van der Waals surface area contributed by atoms with Crippen LogP contribution in [-0.2, 0) is 91.0 Å². The molecule has 1 aliphatic carbocycles. The minimum absolute atomic E-state index is 0.165. The van der Waals surface area contributed by atoms with E-state index in [0.717, 1.165) is 43.0 Å². The van der Waals surface area contributed by atoms with E-state index in [1.165, 1.54) is 72.0 Å². The van der Waals surface area contributed by atoms with Crippen LogP contribution in [0, 0.1) is 28.6 Å². The number of imidazole rings is 2. The number of aryl methyl sites for hydroxylation is 7. The van der Waals surface area contributed by atoms with E-state index in [1.807, 2.05) is 156 Å². The van der Waals surface area contributed by atoms with Crippen LogP contribution in [0.25, 0.3) is 0 Å². The topological polar surface area (TPSA) is 157 Å². The summed E-state index contributed by atoms with van der Waals surface area (Å²) in [4.78, 5) is 24.0. The lowest BCUT2D eigenvalue weighted by Gasteiger charge is -2.19. The third kappa shape index (κ3) is 45.4. The lowest BCUT2D eigenvalue weighted by atomic mass is 9.87. The Kier molecular flexibility index (Phi) is 44.9. The Morgan fingerprint density at radius 1 is 0.387 bits per heavy atom. The van der Waals surface area contributed by atoms with Crippen molar-refractivity contribution in [2.75, 3.05) is 6.54 Å². The molecule has 0 fully saturated rings. The summed E-state index contributed by atoms with van der Waals surface area (Å²) < 4.78 is 15.8. The molecule has 0 saturated carbocycles. The normalized spacial score (nSPS) is 13.8. The van der Waals surface area contributed by atoms with E-state index in [4.69, 9.17) is 0 Å². The molecular weight excluding hydrogens is 1580 g/mol. The first-order chi connectivity index (χ1) is 56.2. The number of hydrogen-bond acceptors (Lipinski definition) is 13. The SMILES string of the molecule is CC(C)(C)C1=CCC=C1.CC(C)(C)C1=CCC=N1.CC(C)(C)C1=CCC=N1.CC(C)(C)C1=CCN=C1.CC(C)(C)c1cccs1.CC(C)(C)c1cccs1.CC(C)(C)c1ccsn1.Cc1cnn(C)c1C(C)(C)C.Cn1cc(C(C)(C)C)cn1.Cn1ccc(C(C)(C)C)n1.Cn1ccnc1C(C)(C)C.Cn1cnc(C(C)(C)C)c1.Cn1nccc1C(C)(C)C. The molecule has 692 valence electrons. The van der Waals surface area contributed by atoms with Gasteiger partial charge in [0.25, 0.3) is 0 Å². The van der Waals surface area contributed by atoms with E-state index < -0.39 is 0 Å². The maximum Gasteiger partial charge on any atom is 0.113 e. The molecule has 0 bridgehead atoms. The molecule has 13 rings (SSSR count). The molecular formula is C105H174N16S3. The van der Waals surface area contributed by atoms with Crippen molar-refractivity contribution in [3.63, 3.8) is 0 Å². The standard InChI is InChI=1S/C9H16N2.C9H14.5C8H14N2.3C8H13N.2C8H12S.C7H11NS/c1-7-6-10-11(5)8(7)9(2,3)4;1-9(2,3)8-6-4-5-7-8;1-8(2,3)7-5-10(4)6-9-7;1-8(2,3)7-5-9-10(4)6-7;1-8(2,3)7-9-5-6-10(7)4;1-8(2,3)7-5-6-10(4)9-7;1-8(2,3)7-5-6-9-10(7)4;1-8(2,3)7-4-5-9-6-7;4*1-8(2,3)7-5-4-6-9-7;1-7(2,3)6-4-5-9-8-6/h6H,1-5H3;4,6-7H,5H2,1-3H3;5*5-6H,1-4H3;4,6H,5H2,1-3H3;2*5-6H,4H2,1-3H3;2*4-6H,1-3H3;4-5H,1-3H3. The number of allylic oxidation sites excluding steroid dienone is 9. The molecule has 124 heavy (non-hydrogen) atoms. The monoisotopic (exact) mass is 1760 g/mol. The highest BCUT2D eigenvalue weighted by molar-refractivity contribution is 7.10. The van der Waals surface area contributed by atoms with Crippen LogP contribution in [0.5, 0.6) is 0 Å². The minimum Gasteiger partial charge on any atom is -0.340 e. The predicted molar refractivity (Wildman–Crippen MR) is 547 cm³/mol. The Balaban J connectivity index is 0.000000672. The predicted octanol–water partition coefficient (Wildman–Crippen LogP) is 28.9. The summed E-state index contributed by atoms with van der Waals surface area (Å²) in [5, 5.41) is 23.0. The van der Waals surface area contributed by atoms with Gasteiger partial charge in [0.2, 0.25) is 0 Å². The van der Waals surface area contributed by atoms with Crippen LogP contribution in [-0.4, -0.2) is 87.8 Å². The van der Waals surface area contributed by atoms with Crippen LogP contribution in [0.2, 0.25) is 0 Å². The zero-order valence-corrected chi connectivity index (χ0v) is 89.3. The summed E-state index contributed by atoms with van der Waals surface area (Å²) in [7, 11) is 11.9. The Morgan fingerprint density at radius 2 is 0.895 bits per heavy atom. The Morgan fingerprint density at radius 3 is 1.07 bits per heavy atom. The molecule has 12 heterocycles. The first-order valence-corrected chi connectivity index (χ1v) is 46.8. The molecule has 0 unspecified atom stereocenters. The average molecular weight is 1760 g/mol. The number of aromatic nitrogens is 13. The third-order valence-electron chi connectivity index (χ3n) is 19.1. The minimum atomic E-state index is 0.165. The molecule has 3 aliphatic heterocycles. The van der Waals surface area contributed by atoms with E-state index >= 15 is 0 Å². The first-order valence-electron chi connectivity index (χ1n) is 44.2. The van der Waals surface area contributed by atoms with Crippen LogP contribution in [0.1, 0.15) is 344 Å². The van der Waals surface area contributed by atoms with Crippen LogP contribution in [0.15, 0.2) is 188 Å². The summed E-state index contributed by atoms with van der Waals surface area (Å²) in [6, 6.07) is 14.8. The Labute approximate surface area is 769 Å². The smallest absolute Gasteiger partial charge is 0.113 e. The summed E-state index contributed by atoms with van der Waals surface area (Å²) in [6.07, 6.45) is 39.7. The van der Waals surface area contributed by atoms with Crippen molar-refractivity contribution < 1.29 is 0 Å². The van der Waals surface area contributed by atoms with Gasteiger partial charge in [0.15, 0.2) is 0 Å². The van der Waals surface area contributed by atoms with E-state index in [-0.39, 0.29) is 48.7 Å². The number of nitrogens with zero attached hydrogens (tertiary/aromatic N) is 16. The molecule has 0 N–H and O–H groups in total. The van der Waals surface area contributed by atoms with Crippen LogP contribution >= 0.6 is 34.2 Å². The molecule has 19 heteroatoms. The van der Waals surface area contributed by atoms with Crippen LogP contribution < -0.4 is 0 Å². The maximum atomic E-state index is 4.30. The van der Waals surface area contributed by atoms with Crippen LogP contribution in [0.4, 0.5) is 0 Å². The van der Waals surface area contributed by atoms with Gasteiger partial charge >= 0.3 is 0 Å². The lowest BCUT2D eigenvalue weighted by molar-refractivity contribution is 0.500. The van der Waals surface area contributed by atoms with Crippen molar-refractivity contribution in [3.05, 3.63) is 229 Å². The van der Waals surface area contributed by atoms with Gasteiger partial charge in [0.05, 0.1) is 42.3 Å². The van der Waals surface area contributed by atoms with Gasteiger partial charge in [-0.1, -0.05) is 319 Å². The fourth-order valence-electron chi connectivity index (χ4n) is 11.9. The van der Waals surface area contributed by atoms with Gasteiger partial charge in [-0.2, -0.15) is 24.8 Å². The summed E-state index contributed by atoms with van der Waals surface area (Å²) >= 11 is 5.18. The highest BCUT2D eigenvalue weighted by Crippen LogP contribution is 2.34. The van der Waals surface area contributed by atoms with Crippen molar-refractivity contribution in [2.45, 2.75) is 345 Å². The maximum absolute atomic E-state index is 4.30. The molecule has 0 radical (unpaired) electrons. The van der Waals surface area contributed by atoms with Crippen molar-refractivity contribution in [2.24, 2.45) is 78.9 Å². The molecule has 9 aromatic rings. The highest BCUT2D eigenvalue weighted by Gasteiger charge is 2.25. The molecule has 4 aliphatic rings. The summed E-state index contributed by atoms with van der Waals surface area (Å²) in [6.45, 7) is 88.5. The Hall–Kier alpha value is -8.00. The fourth-order valence-corrected chi connectivity index (χ4v) is 14.2. The highest BCUT2D eigenvalue weighted by atomic mass is 32.1. The Bertz CT molecular complexity index is 4250. The second kappa shape index (κ2) is 48.8. The zero-order chi connectivity index (χ0) is 95.9. The second-order valence-electron chi connectivity index (χ2n) is 45.5. The number of thiophene rings is 2. The van der Waals surface area contributed by atoms with Gasteiger partial charge in [0, 0.05) is 192 Å². The third-order valence-corrected chi connectivity index (χ3v) is 22.3. The van der Waals surface area contributed by atoms with Crippen LogP contribution in [0.3, 0.4) is 0 Å². The average Bonchev–Trinajstić information content (AvgIpc) is 1.68. The lowest BCUT2D eigenvalue weighted by Crippen LogP contribution is -2.17. The molecule has 0 aromatic carbocycles. The van der Waals surface area contributed by atoms with Gasteiger partial charge in [-0.25, -0.2) is 9.97 Å². The second-order valence-corrected chi connectivity index (χ2v) is 48.1.